The monoisotopic (exact) mass is 428 g/mol. The van der Waals surface area contributed by atoms with Gasteiger partial charge >= 0.3 is 5.97 Å². The van der Waals surface area contributed by atoms with Crippen LogP contribution in [0.1, 0.15) is 36.3 Å². The van der Waals surface area contributed by atoms with Gasteiger partial charge in [0.05, 0.1) is 24.3 Å². The number of carbonyl (C=O) groups excluding carboxylic acids is 1. The standard InChI is InChI=1S/C22H24N2O3S2/c1-3-27-18(25)13-28-22-23-20-19(16-11-14(2)9-10-17(16)29-20)21(26)24(22)12-15-7-5-4-6-8-15/h4-8,14H,3,9-13H2,1-2H3/t14-/m1/s1. The van der Waals surface area contributed by atoms with Gasteiger partial charge in [-0.25, -0.2) is 4.98 Å². The molecule has 5 nitrogen and oxygen atoms in total. The molecular weight excluding hydrogens is 404 g/mol. The van der Waals surface area contributed by atoms with Gasteiger partial charge in [0, 0.05) is 4.88 Å². The van der Waals surface area contributed by atoms with Crippen LogP contribution in [0, 0.1) is 5.92 Å². The number of hydrogen-bond donors (Lipinski definition) is 0. The molecule has 0 unspecified atom stereocenters. The van der Waals surface area contributed by atoms with Crippen LogP contribution in [-0.2, 0) is 28.9 Å². The fourth-order valence-corrected chi connectivity index (χ4v) is 5.81. The van der Waals surface area contributed by atoms with Gasteiger partial charge in [-0.15, -0.1) is 11.3 Å². The summed E-state index contributed by atoms with van der Waals surface area (Å²) in [5.74, 6) is 0.431. The summed E-state index contributed by atoms with van der Waals surface area (Å²) in [6, 6.07) is 9.89. The molecule has 0 saturated carbocycles. The topological polar surface area (TPSA) is 61.2 Å². The highest BCUT2D eigenvalue weighted by Gasteiger charge is 2.25. The molecular formula is C22H24N2O3S2. The van der Waals surface area contributed by atoms with Crippen LogP contribution < -0.4 is 5.56 Å². The Morgan fingerprint density at radius 3 is 2.90 bits per heavy atom. The number of ether oxygens (including phenoxy) is 1. The van der Waals surface area contributed by atoms with Crippen molar-refractivity contribution in [2.45, 2.75) is 44.8 Å². The summed E-state index contributed by atoms with van der Waals surface area (Å²) in [6.07, 6.45) is 3.11. The SMILES string of the molecule is CCOC(=O)CSc1nc2sc3c(c2c(=O)n1Cc1ccccc1)C[C@H](C)CC3. The van der Waals surface area contributed by atoms with Crippen LogP contribution in [-0.4, -0.2) is 27.9 Å². The number of hydrogen-bond acceptors (Lipinski definition) is 6. The maximum Gasteiger partial charge on any atom is 0.316 e. The summed E-state index contributed by atoms with van der Waals surface area (Å²) >= 11 is 2.91. The van der Waals surface area contributed by atoms with Crippen molar-refractivity contribution in [3.63, 3.8) is 0 Å². The van der Waals surface area contributed by atoms with Gasteiger partial charge in [-0.05, 0) is 43.2 Å². The predicted molar refractivity (Wildman–Crippen MR) is 118 cm³/mol. The molecule has 1 aromatic carbocycles. The third kappa shape index (κ3) is 4.26. The molecule has 2 heterocycles. The summed E-state index contributed by atoms with van der Waals surface area (Å²) in [7, 11) is 0. The van der Waals surface area contributed by atoms with Gasteiger partial charge in [0.15, 0.2) is 5.16 Å². The molecule has 0 N–H and O–H groups in total. The van der Waals surface area contributed by atoms with Crippen molar-refractivity contribution in [2.75, 3.05) is 12.4 Å². The highest BCUT2D eigenvalue weighted by Crippen LogP contribution is 2.36. The predicted octanol–water partition coefficient (Wildman–Crippen LogP) is 4.29. The van der Waals surface area contributed by atoms with Crippen molar-refractivity contribution >= 4 is 39.3 Å². The fraction of sp³-hybridized carbons (Fsp3) is 0.409. The highest BCUT2D eigenvalue weighted by atomic mass is 32.2. The minimum absolute atomic E-state index is 0.00295. The molecule has 0 spiro atoms. The van der Waals surface area contributed by atoms with Crippen molar-refractivity contribution in [3.8, 4) is 0 Å². The van der Waals surface area contributed by atoms with E-state index in [1.165, 1.54) is 22.2 Å². The minimum atomic E-state index is -0.294. The average molecular weight is 429 g/mol. The van der Waals surface area contributed by atoms with Crippen LogP contribution in [0.5, 0.6) is 0 Å². The number of thiophene rings is 1. The van der Waals surface area contributed by atoms with Crippen molar-refractivity contribution < 1.29 is 9.53 Å². The normalized spacial score (nSPS) is 16.0. The first-order valence-corrected chi connectivity index (χ1v) is 11.7. The molecule has 152 valence electrons. The van der Waals surface area contributed by atoms with E-state index in [-0.39, 0.29) is 17.3 Å². The van der Waals surface area contributed by atoms with E-state index >= 15 is 0 Å². The Bertz CT molecular complexity index is 1090. The van der Waals surface area contributed by atoms with Crippen LogP contribution in [0.4, 0.5) is 0 Å². The molecule has 7 heteroatoms. The first-order valence-electron chi connectivity index (χ1n) is 9.94. The van der Waals surface area contributed by atoms with Gasteiger partial charge in [-0.3, -0.25) is 14.2 Å². The Labute approximate surface area is 178 Å². The molecule has 0 fully saturated rings. The van der Waals surface area contributed by atoms with Gasteiger partial charge in [0.1, 0.15) is 4.83 Å². The zero-order chi connectivity index (χ0) is 20.4. The first kappa shape index (κ1) is 20.2. The van der Waals surface area contributed by atoms with Crippen molar-refractivity contribution in [2.24, 2.45) is 5.92 Å². The number of fused-ring (bicyclic) bond motifs is 3. The number of aryl methyl sites for hydroxylation is 1. The van der Waals surface area contributed by atoms with E-state index in [9.17, 15) is 9.59 Å². The number of benzene rings is 1. The largest absolute Gasteiger partial charge is 0.465 e. The van der Waals surface area contributed by atoms with Gasteiger partial charge in [-0.1, -0.05) is 49.0 Å². The summed E-state index contributed by atoms with van der Waals surface area (Å²) in [4.78, 5) is 32.4. The molecule has 1 aliphatic rings. The molecule has 0 saturated heterocycles. The molecule has 0 aliphatic heterocycles. The van der Waals surface area contributed by atoms with E-state index in [2.05, 4.69) is 6.92 Å². The van der Waals surface area contributed by atoms with E-state index in [0.717, 1.165) is 35.0 Å². The second kappa shape index (κ2) is 8.71. The van der Waals surface area contributed by atoms with Crippen LogP contribution in [0.25, 0.3) is 10.2 Å². The lowest BCUT2D eigenvalue weighted by Gasteiger charge is -2.18. The van der Waals surface area contributed by atoms with Crippen LogP contribution >= 0.6 is 23.1 Å². The van der Waals surface area contributed by atoms with Gasteiger partial charge in [0.2, 0.25) is 0 Å². The number of rotatable bonds is 6. The van der Waals surface area contributed by atoms with Crippen LogP contribution in [0.15, 0.2) is 40.3 Å². The third-order valence-corrected chi connectivity index (χ3v) is 7.32. The number of nitrogens with zero attached hydrogens (tertiary/aromatic N) is 2. The highest BCUT2D eigenvalue weighted by molar-refractivity contribution is 7.99. The Kier molecular flexibility index (Phi) is 6.06. The number of thioether (sulfide) groups is 1. The van der Waals surface area contributed by atoms with E-state index in [0.29, 0.717) is 24.2 Å². The smallest absolute Gasteiger partial charge is 0.316 e. The van der Waals surface area contributed by atoms with E-state index in [1.807, 2.05) is 30.3 Å². The molecule has 2 aromatic heterocycles. The average Bonchev–Trinajstić information content (AvgIpc) is 3.07. The molecule has 0 bridgehead atoms. The summed E-state index contributed by atoms with van der Waals surface area (Å²) < 4.78 is 6.76. The van der Waals surface area contributed by atoms with Gasteiger partial charge in [-0.2, -0.15) is 0 Å². The van der Waals surface area contributed by atoms with Crippen molar-refractivity contribution in [3.05, 3.63) is 56.7 Å². The Morgan fingerprint density at radius 1 is 1.34 bits per heavy atom. The summed E-state index contributed by atoms with van der Waals surface area (Å²) in [5, 5.41) is 1.35. The maximum absolute atomic E-state index is 13.6. The molecule has 0 radical (unpaired) electrons. The fourth-order valence-electron chi connectivity index (χ4n) is 3.75. The Hall–Kier alpha value is -2.12. The molecule has 1 aliphatic carbocycles. The Morgan fingerprint density at radius 2 is 2.14 bits per heavy atom. The lowest BCUT2D eigenvalue weighted by molar-refractivity contribution is -0.139. The lowest BCUT2D eigenvalue weighted by atomic mass is 9.89. The molecule has 0 amide bonds. The number of carbonyl (C=O) groups is 1. The molecule has 1 atom stereocenters. The van der Waals surface area contributed by atoms with Crippen LogP contribution in [0.3, 0.4) is 0 Å². The molecule has 3 aromatic rings. The number of esters is 1. The minimum Gasteiger partial charge on any atom is -0.465 e. The van der Waals surface area contributed by atoms with Gasteiger partial charge in [0.25, 0.3) is 5.56 Å². The van der Waals surface area contributed by atoms with Crippen molar-refractivity contribution in [1.82, 2.24) is 9.55 Å². The third-order valence-electron chi connectivity index (χ3n) is 5.18. The second-order valence-electron chi connectivity index (χ2n) is 7.40. The molecule has 29 heavy (non-hydrogen) atoms. The van der Waals surface area contributed by atoms with Gasteiger partial charge < -0.3 is 4.74 Å². The summed E-state index contributed by atoms with van der Waals surface area (Å²) in [5.41, 5.74) is 2.22. The van der Waals surface area contributed by atoms with Crippen LogP contribution in [0.2, 0.25) is 0 Å². The molecule has 4 rings (SSSR count). The van der Waals surface area contributed by atoms with E-state index in [4.69, 9.17) is 9.72 Å². The zero-order valence-corrected chi connectivity index (χ0v) is 18.3. The lowest BCUT2D eigenvalue weighted by Crippen LogP contribution is -2.25. The maximum atomic E-state index is 13.6. The van der Waals surface area contributed by atoms with E-state index in [1.54, 1.807) is 22.8 Å². The number of aromatic nitrogens is 2. The van der Waals surface area contributed by atoms with E-state index < -0.39 is 0 Å². The van der Waals surface area contributed by atoms with Crippen molar-refractivity contribution in [1.29, 1.82) is 0 Å². The first-order chi connectivity index (χ1) is 14.1. The second-order valence-corrected chi connectivity index (χ2v) is 9.42. The quantitative estimate of drug-likeness (QED) is 0.333. The zero-order valence-electron chi connectivity index (χ0n) is 16.6. The Balaban J connectivity index is 1.80. The summed E-state index contributed by atoms with van der Waals surface area (Å²) in [6.45, 7) is 4.81.